The van der Waals surface area contributed by atoms with Crippen LogP contribution in [0.15, 0.2) is 17.0 Å². The highest BCUT2D eigenvalue weighted by Crippen LogP contribution is 2.30. The van der Waals surface area contributed by atoms with Crippen LogP contribution in [0, 0.1) is 7.14 Å². The van der Waals surface area contributed by atoms with Crippen molar-refractivity contribution in [2.24, 2.45) is 0 Å². The van der Waals surface area contributed by atoms with Crippen molar-refractivity contribution in [3.8, 4) is 5.75 Å². The van der Waals surface area contributed by atoms with Gasteiger partial charge in [-0.1, -0.05) is 0 Å². The van der Waals surface area contributed by atoms with Crippen molar-refractivity contribution in [3.63, 3.8) is 0 Å². The zero-order chi connectivity index (χ0) is 10.2. The molecule has 0 unspecified atom stereocenters. The molecule has 0 fully saturated rings. The van der Waals surface area contributed by atoms with Gasteiger partial charge in [0.05, 0.1) is 0 Å². The number of halogens is 3. The van der Waals surface area contributed by atoms with Crippen molar-refractivity contribution in [3.05, 3.63) is 19.3 Å². The fourth-order valence-corrected chi connectivity index (χ4v) is 2.78. The van der Waals surface area contributed by atoms with E-state index in [1.54, 1.807) is 0 Å². The average Bonchev–Trinajstić information content (AvgIpc) is 1.94. The van der Waals surface area contributed by atoms with E-state index in [1.807, 2.05) is 45.2 Å². The predicted octanol–water partition coefficient (Wildman–Crippen LogP) is 2.53. The highest BCUT2D eigenvalue weighted by molar-refractivity contribution is 14.1. The van der Waals surface area contributed by atoms with Gasteiger partial charge in [0.25, 0.3) is 9.05 Å². The van der Waals surface area contributed by atoms with Crippen LogP contribution in [0.3, 0.4) is 0 Å². The predicted molar refractivity (Wildman–Crippen MR) is 66.6 cm³/mol. The van der Waals surface area contributed by atoms with Gasteiger partial charge in [-0.15, -0.1) is 0 Å². The summed E-state index contributed by atoms with van der Waals surface area (Å²) in [4.78, 5) is -0.251. The van der Waals surface area contributed by atoms with Gasteiger partial charge in [-0.05, 0) is 57.3 Å². The van der Waals surface area contributed by atoms with Crippen LogP contribution in [0.2, 0.25) is 0 Å². The fourth-order valence-electron chi connectivity index (χ4n) is 0.713. The third-order valence-electron chi connectivity index (χ3n) is 1.26. The highest BCUT2D eigenvalue weighted by atomic mass is 127. The molecule has 1 rings (SSSR count). The van der Waals surface area contributed by atoms with E-state index in [9.17, 15) is 13.5 Å². The summed E-state index contributed by atoms with van der Waals surface area (Å²) in [7, 11) is 1.24. The minimum Gasteiger partial charge on any atom is -0.506 e. The molecule has 1 aromatic rings. The van der Waals surface area contributed by atoms with Crippen LogP contribution in [0.5, 0.6) is 5.75 Å². The quantitative estimate of drug-likeness (QED) is 0.535. The Hall–Kier alpha value is 0.720. The van der Waals surface area contributed by atoms with Gasteiger partial charge < -0.3 is 5.11 Å². The Labute approximate surface area is 107 Å². The lowest BCUT2D eigenvalue weighted by Gasteiger charge is -2.02. The van der Waals surface area contributed by atoms with Crippen molar-refractivity contribution in [2.75, 3.05) is 0 Å². The average molecular weight is 444 g/mol. The molecule has 72 valence electrons. The van der Waals surface area contributed by atoms with Gasteiger partial charge in [-0.25, -0.2) is 8.42 Å². The number of phenolic OH excluding ortho intramolecular Hbond substituents is 1. The SMILES string of the molecule is O=S(=O)(Cl)c1cc(I)c(I)cc1O. The molecule has 0 heterocycles. The molecular formula is C6H3ClI2O3S. The number of rotatable bonds is 1. The Kier molecular flexibility index (Phi) is 3.69. The van der Waals surface area contributed by atoms with Crippen LogP contribution < -0.4 is 0 Å². The molecule has 0 bridgehead atoms. The van der Waals surface area contributed by atoms with E-state index in [4.69, 9.17) is 10.7 Å². The van der Waals surface area contributed by atoms with Crippen LogP contribution in [0.25, 0.3) is 0 Å². The second kappa shape index (κ2) is 4.07. The summed E-state index contributed by atoms with van der Waals surface area (Å²) in [5.41, 5.74) is 0. The largest absolute Gasteiger partial charge is 0.506 e. The fraction of sp³-hybridized carbons (Fsp3) is 0. The number of aromatic hydroxyl groups is 1. The molecule has 1 N–H and O–H groups in total. The Morgan fingerprint density at radius 1 is 1.23 bits per heavy atom. The van der Waals surface area contributed by atoms with E-state index >= 15 is 0 Å². The lowest BCUT2D eigenvalue weighted by molar-refractivity contribution is 0.459. The zero-order valence-electron chi connectivity index (χ0n) is 5.96. The summed E-state index contributed by atoms with van der Waals surface area (Å²) < 4.78 is 23.3. The third-order valence-corrected chi connectivity index (χ3v) is 5.43. The maximum atomic E-state index is 10.9. The molecule has 0 atom stereocenters. The summed E-state index contributed by atoms with van der Waals surface area (Å²) in [6.07, 6.45) is 0. The normalized spacial score (nSPS) is 11.6. The number of hydrogen-bond acceptors (Lipinski definition) is 3. The maximum absolute atomic E-state index is 10.9. The molecule has 0 radical (unpaired) electrons. The zero-order valence-corrected chi connectivity index (χ0v) is 11.8. The first-order valence-corrected chi connectivity index (χ1v) is 7.41. The van der Waals surface area contributed by atoms with Gasteiger partial charge in [0.1, 0.15) is 10.6 Å². The van der Waals surface area contributed by atoms with Gasteiger partial charge in [-0.2, -0.15) is 0 Å². The molecule has 0 aliphatic carbocycles. The standard InChI is InChI=1S/C6H3ClI2O3S/c7-13(11,12)6-2-4(9)3(8)1-5(6)10/h1-2,10H. The van der Waals surface area contributed by atoms with Crippen LogP contribution >= 0.6 is 55.9 Å². The Morgan fingerprint density at radius 3 is 2.15 bits per heavy atom. The molecule has 7 heteroatoms. The van der Waals surface area contributed by atoms with E-state index in [0.29, 0.717) is 0 Å². The molecule has 0 spiro atoms. The van der Waals surface area contributed by atoms with Crippen molar-refractivity contribution in [1.82, 2.24) is 0 Å². The van der Waals surface area contributed by atoms with E-state index in [0.717, 1.165) is 7.14 Å². The van der Waals surface area contributed by atoms with Gasteiger partial charge in [0, 0.05) is 17.8 Å². The molecule has 1 aromatic carbocycles. The van der Waals surface area contributed by atoms with Gasteiger partial charge in [-0.3, -0.25) is 0 Å². The van der Waals surface area contributed by atoms with Crippen LogP contribution in [0.1, 0.15) is 0 Å². The van der Waals surface area contributed by atoms with Crippen molar-refractivity contribution in [1.29, 1.82) is 0 Å². The maximum Gasteiger partial charge on any atom is 0.265 e. The van der Waals surface area contributed by atoms with E-state index in [-0.39, 0.29) is 10.6 Å². The molecule has 0 aliphatic rings. The summed E-state index contributed by atoms with van der Waals surface area (Å²) in [5.74, 6) is -0.320. The molecular weight excluding hydrogens is 441 g/mol. The monoisotopic (exact) mass is 444 g/mol. The lowest BCUT2D eigenvalue weighted by atomic mass is 10.3. The number of phenols is 1. The Morgan fingerprint density at radius 2 is 1.69 bits per heavy atom. The lowest BCUT2D eigenvalue weighted by Crippen LogP contribution is -1.93. The smallest absolute Gasteiger partial charge is 0.265 e. The van der Waals surface area contributed by atoms with E-state index < -0.39 is 9.05 Å². The van der Waals surface area contributed by atoms with Crippen molar-refractivity contribution < 1.29 is 13.5 Å². The van der Waals surface area contributed by atoms with Gasteiger partial charge >= 0.3 is 0 Å². The van der Waals surface area contributed by atoms with E-state index in [1.165, 1.54) is 12.1 Å². The minimum atomic E-state index is -3.86. The first-order valence-electron chi connectivity index (χ1n) is 2.95. The summed E-state index contributed by atoms with van der Waals surface area (Å²) >= 11 is 3.95. The molecule has 0 saturated carbocycles. The van der Waals surface area contributed by atoms with Crippen LogP contribution in [-0.2, 0) is 9.05 Å². The Balaban J connectivity index is 3.50. The second-order valence-electron chi connectivity index (χ2n) is 2.17. The molecule has 13 heavy (non-hydrogen) atoms. The number of hydrogen-bond donors (Lipinski definition) is 1. The first-order chi connectivity index (χ1) is 5.82. The van der Waals surface area contributed by atoms with Gasteiger partial charge in [0.2, 0.25) is 0 Å². The minimum absolute atomic E-state index is 0.251. The van der Waals surface area contributed by atoms with Crippen molar-refractivity contribution >= 4 is 64.9 Å². The molecule has 3 nitrogen and oxygen atoms in total. The van der Waals surface area contributed by atoms with Crippen molar-refractivity contribution in [2.45, 2.75) is 4.90 Å². The first kappa shape index (κ1) is 11.8. The van der Waals surface area contributed by atoms with Crippen LogP contribution in [0.4, 0.5) is 0 Å². The molecule has 0 aliphatic heterocycles. The third kappa shape index (κ3) is 2.83. The summed E-state index contributed by atoms with van der Waals surface area (Å²) in [6, 6.07) is 2.69. The molecule has 0 saturated heterocycles. The summed E-state index contributed by atoms with van der Waals surface area (Å²) in [5, 5.41) is 9.28. The van der Waals surface area contributed by atoms with Gasteiger partial charge in [0.15, 0.2) is 0 Å². The number of benzene rings is 1. The molecule has 0 aromatic heterocycles. The molecule has 0 amide bonds. The Bertz CT molecular complexity index is 443. The second-order valence-corrected chi connectivity index (χ2v) is 7.03. The van der Waals surface area contributed by atoms with E-state index in [2.05, 4.69) is 0 Å². The summed E-state index contributed by atoms with van der Waals surface area (Å²) in [6.45, 7) is 0. The van der Waals surface area contributed by atoms with Crippen LogP contribution in [-0.4, -0.2) is 13.5 Å². The topological polar surface area (TPSA) is 54.4 Å². The highest BCUT2D eigenvalue weighted by Gasteiger charge is 2.17.